The number of piperazine rings is 1. The SMILES string of the molecule is CC(C)C(c1ccccc1)C1CN(C(=O)OC(C)(C)C)CCN1. The summed E-state index contributed by atoms with van der Waals surface area (Å²) in [6, 6.07) is 10.8. The molecule has 0 bridgehead atoms. The lowest BCUT2D eigenvalue weighted by Crippen LogP contribution is -2.56. The topological polar surface area (TPSA) is 41.6 Å². The number of carbonyl (C=O) groups is 1. The van der Waals surface area contributed by atoms with Crippen LogP contribution in [0, 0.1) is 5.92 Å². The van der Waals surface area contributed by atoms with Crippen LogP contribution in [0.15, 0.2) is 30.3 Å². The van der Waals surface area contributed by atoms with Crippen LogP contribution in [-0.2, 0) is 4.74 Å². The van der Waals surface area contributed by atoms with Crippen molar-refractivity contribution in [2.24, 2.45) is 5.92 Å². The fraction of sp³-hybridized carbons (Fsp3) is 0.632. The normalized spacial score (nSPS) is 20.4. The number of ether oxygens (including phenoxy) is 1. The van der Waals surface area contributed by atoms with Gasteiger partial charge in [0.15, 0.2) is 0 Å². The molecule has 1 N–H and O–H groups in total. The zero-order valence-electron chi connectivity index (χ0n) is 15.0. The predicted octanol–water partition coefficient (Wildman–Crippen LogP) is 3.64. The van der Waals surface area contributed by atoms with Crippen LogP contribution >= 0.6 is 0 Å². The van der Waals surface area contributed by atoms with Gasteiger partial charge < -0.3 is 15.0 Å². The van der Waals surface area contributed by atoms with E-state index in [9.17, 15) is 4.79 Å². The number of nitrogens with zero attached hydrogens (tertiary/aromatic N) is 1. The molecule has 23 heavy (non-hydrogen) atoms. The van der Waals surface area contributed by atoms with Crippen molar-refractivity contribution in [1.82, 2.24) is 10.2 Å². The van der Waals surface area contributed by atoms with Gasteiger partial charge in [-0.1, -0.05) is 44.2 Å². The molecule has 1 fully saturated rings. The van der Waals surface area contributed by atoms with E-state index in [1.54, 1.807) is 0 Å². The maximum absolute atomic E-state index is 12.4. The van der Waals surface area contributed by atoms with Crippen LogP contribution in [0.3, 0.4) is 0 Å². The Bertz CT molecular complexity index is 508. The molecule has 4 nitrogen and oxygen atoms in total. The Hall–Kier alpha value is -1.55. The van der Waals surface area contributed by atoms with Crippen LogP contribution in [-0.4, -0.2) is 42.3 Å². The van der Waals surface area contributed by atoms with Crippen LogP contribution in [0.5, 0.6) is 0 Å². The van der Waals surface area contributed by atoms with Crippen molar-refractivity contribution in [3.8, 4) is 0 Å². The second-order valence-electron chi connectivity index (χ2n) is 7.67. The van der Waals surface area contributed by atoms with Gasteiger partial charge in [0, 0.05) is 31.6 Å². The molecule has 2 atom stereocenters. The molecule has 1 aliphatic rings. The Labute approximate surface area is 140 Å². The quantitative estimate of drug-likeness (QED) is 0.925. The lowest BCUT2D eigenvalue weighted by molar-refractivity contribution is 0.0179. The molecule has 2 unspecified atom stereocenters. The molecular formula is C19H30N2O2. The molecule has 0 saturated carbocycles. The Morgan fingerprint density at radius 1 is 1.26 bits per heavy atom. The molecule has 0 aliphatic carbocycles. The zero-order chi connectivity index (χ0) is 17.0. The average molecular weight is 318 g/mol. The molecule has 1 aromatic carbocycles. The van der Waals surface area contributed by atoms with E-state index in [4.69, 9.17) is 4.74 Å². The summed E-state index contributed by atoms with van der Waals surface area (Å²) in [6.07, 6.45) is -0.209. The van der Waals surface area contributed by atoms with Gasteiger partial charge in [0.05, 0.1) is 0 Å². The van der Waals surface area contributed by atoms with Gasteiger partial charge in [0.25, 0.3) is 0 Å². The number of hydrogen-bond acceptors (Lipinski definition) is 3. The fourth-order valence-electron chi connectivity index (χ4n) is 3.27. The van der Waals surface area contributed by atoms with Crippen molar-refractivity contribution in [2.75, 3.05) is 19.6 Å². The van der Waals surface area contributed by atoms with E-state index in [1.165, 1.54) is 5.56 Å². The first-order chi connectivity index (χ1) is 10.8. The van der Waals surface area contributed by atoms with Crippen molar-refractivity contribution >= 4 is 6.09 Å². The van der Waals surface area contributed by atoms with Gasteiger partial charge in [0.2, 0.25) is 0 Å². The average Bonchev–Trinajstić information content (AvgIpc) is 2.47. The minimum absolute atomic E-state index is 0.209. The highest BCUT2D eigenvalue weighted by molar-refractivity contribution is 5.68. The molecular weight excluding hydrogens is 288 g/mol. The van der Waals surface area contributed by atoms with Crippen molar-refractivity contribution in [3.05, 3.63) is 35.9 Å². The minimum Gasteiger partial charge on any atom is -0.444 e. The summed E-state index contributed by atoms with van der Waals surface area (Å²) in [6.45, 7) is 12.4. The summed E-state index contributed by atoms with van der Waals surface area (Å²) in [7, 11) is 0. The number of carbonyl (C=O) groups excluding carboxylic acids is 1. The third kappa shape index (κ3) is 4.96. The van der Waals surface area contributed by atoms with Gasteiger partial charge in [0.1, 0.15) is 5.60 Å². The first kappa shape index (κ1) is 17.8. The highest BCUT2D eigenvalue weighted by atomic mass is 16.6. The van der Waals surface area contributed by atoms with E-state index in [0.717, 1.165) is 6.54 Å². The summed E-state index contributed by atoms with van der Waals surface area (Å²) in [5, 5.41) is 3.60. The molecule has 1 saturated heterocycles. The number of rotatable bonds is 3. The highest BCUT2D eigenvalue weighted by Gasteiger charge is 2.33. The molecule has 1 amide bonds. The zero-order valence-corrected chi connectivity index (χ0v) is 15.0. The maximum Gasteiger partial charge on any atom is 0.410 e. The van der Waals surface area contributed by atoms with Gasteiger partial charge in [-0.25, -0.2) is 4.79 Å². The van der Waals surface area contributed by atoms with Crippen LogP contribution in [0.25, 0.3) is 0 Å². The largest absolute Gasteiger partial charge is 0.444 e. The summed E-state index contributed by atoms with van der Waals surface area (Å²) in [4.78, 5) is 14.2. The summed E-state index contributed by atoms with van der Waals surface area (Å²) < 4.78 is 5.53. The van der Waals surface area contributed by atoms with Crippen LogP contribution in [0.4, 0.5) is 4.79 Å². The first-order valence-electron chi connectivity index (χ1n) is 8.54. The third-order valence-electron chi connectivity index (χ3n) is 4.19. The molecule has 0 spiro atoms. The maximum atomic E-state index is 12.4. The van der Waals surface area contributed by atoms with Crippen LogP contribution in [0.1, 0.15) is 46.1 Å². The molecule has 1 aromatic rings. The number of amides is 1. The number of hydrogen-bond donors (Lipinski definition) is 1. The predicted molar refractivity (Wildman–Crippen MR) is 93.6 cm³/mol. The lowest BCUT2D eigenvalue weighted by Gasteiger charge is -2.40. The molecule has 1 aliphatic heterocycles. The van der Waals surface area contributed by atoms with Crippen molar-refractivity contribution in [1.29, 1.82) is 0 Å². The van der Waals surface area contributed by atoms with E-state index in [-0.39, 0.29) is 12.1 Å². The summed E-state index contributed by atoms with van der Waals surface area (Å²) >= 11 is 0. The minimum atomic E-state index is -0.450. The first-order valence-corrected chi connectivity index (χ1v) is 8.54. The molecule has 4 heteroatoms. The van der Waals surface area contributed by atoms with Gasteiger partial charge in [-0.05, 0) is 32.3 Å². The molecule has 0 aromatic heterocycles. The second kappa shape index (κ2) is 7.35. The van der Waals surface area contributed by atoms with Crippen molar-refractivity contribution in [3.63, 3.8) is 0 Å². The van der Waals surface area contributed by atoms with Crippen LogP contribution < -0.4 is 5.32 Å². The van der Waals surface area contributed by atoms with Crippen molar-refractivity contribution in [2.45, 2.75) is 52.2 Å². The standard InChI is InChI=1S/C19H30N2O2/c1-14(2)17(15-9-7-6-8-10-15)16-13-21(12-11-20-16)18(22)23-19(3,4)5/h6-10,14,16-17,20H,11-13H2,1-5H3. The number of nitrogens with one attached hydrogen (secondary N) is 1. The summed E-state index contributed by atoms with van der Waals surface area (Å²) in [5.74, 6) is 0.870. The number of benzene rings is 1. The Morgan fingerprint density at radius 2 is 1.91 bits per heavy atom. The monoisotopic (exact) mass is 318 g/mol. The van der Waals surface area contributed by atoms with E-state index >= 15 is 0 Å². The van der Waals surface area contributed by atoms with Gasteiger partial charge in [-0.15, -0.1) is 0 Å². The highest BCUT2D eigenvalue weighted by Crippen LogP contribution is 2.29. The van der Waals surface area contributed by atoms with Gasteiger partial charge in [-0.2, -0.15) is 0 Å². The van der Waals surface area contributed by atoms with E-state index < -0.39 is 5.60 Å². The van der Waals surface area contributed by atoms with Crippen LogP contribution in [0.2, 0.25) is 0 Å². The van der Waals surface area contributed by atoms with Gasteiger partial charge >= 0.3 is 6.09 Å². The second-order valence-corrected chi connectivity index (χ2v) is 7.67. The molecule has 128 valence electrons. The molecule has 2 rings (SSSR count). The smallest absolute Gasteiger partial charge is 0.410 e. The van der Waals surface area contributed by atoms with Crippen molar-refractivity contribution < 1.29 is 9.53 Å². The van der Waals surface area contributed by atoms with E-state index in [2.05, 4.69) is 43.4 Å². The Balaban J connectivity index is 2.11. The Kier molecular flexibility index (Phi) is 5.69. The molecule has 0 radical (unpaired) electrons. The lowest BCUT2D eigenvalue weighted by atomic mass is 9.81. The van der Waals surface area contributed by atoms with Gasteiger partial charge in [-0.3, -0.25) is 0 Å². The third-order valence-corrected chi connectivity index (χ3v) is 4.19. The molecule has 1 heterocycles. The van der Waals surface area contributed by atoms with E-state index in [1.807, 2.05) is 31.7 Å². The van der Waals surface area contributed by atoms with E-state index in [0.29, 0.717) is 24.9 Å². The fourth-order valence-corrected chi connectivity index (χ4v) is 3.27. The Morgan fingerprint density at radius 3 is 2.48 bits per heavy atom. The summed E-state index contributed by atoms with van der Waals surface area (Å²) in [5.41, 5.74) is 0.875.